The molecule has 0 amide bonds. The standard InChI is InChI=1S/C18H21N4O8P/c23-14-12(7-29-10-31(26,27)28)30-18(15(14)24)22-9-19-13-16(22)20-8-21(17(13)25)6-11-4-2-1-3-5-11/h1-5,8-9,12,14-15,18,23-24H,6-7,10H2,(H2,26,27,28)/t12?,14-,15-,18-/m1/s1. The molecular formula is C18H21N4O8P. The van der Waals surface area contributed by atoms with Crippen LogP contribution in [0, 0.1) is 0 Å². The molecule has 3 heterocycles. The summed E-state index contributed by atoms with van der Waals surface area (Å²) in [7, 11) is -4.37. The van der Waals surface area contributed by atoms with Crippen LogP contribution in [0.2, 0.25) is 0 Å². The summed E-state index contributed by atoms with van der Waals surface area (Å²) in [5.41, 5.74) is 0.787. The molecular weight excluding hydrogens is 431 g/mol. The normalized spacial score (nSPS) is 24.1. The Hall–Kier alpha value is -2.44. The first kappa shape index (κ1) is 21.8. The fourth-order valence-electron chi connectivity index (χ4n) is 3.41. The Bertz CT molecular complexity index is 1160. The molecule has 1 aromatic carbocycles. The molecule has 1 aliphatic rings. The summed E-state index contributed by atoms with van der Waals surface area (Å²) >= 11 is 0. The van der Waals surface area contributed by atoms with E-state index >= 15 is 0 Å². The van der Waals surface area contributed by atoms with Crippen molar-refractivity contribution in [2.45, 2.75) is 31.1 Å². The van der Waals surface area contributed by atoms with Gasteiger partial charge in [0.15, 0.2) is 17.4 Å². The highest BCUT2D eigenvalue weighted by Crippen LogP contribution is 2.35. The van der Waals surface area contributed by atoms with Crippen molar-refractivity contribution >= 4 is 18.8 Å². The van der Waals surface area contributed by atoms with Crippen molar-refractivity contribution in [2.24, 2.45) is 0 Å². The van der Waals surface area contributed by atoms with Gasteiger partial charge in [0.2, 0.25) is 0 Å². The molecule has 0 bridgehead atoms. The summed E-state index contributed by atoms with van der Waals surface area (Å²) in [5, 5.41) is 20.6. The molecule has 0 spiro atoms. The number of hydrogen-bond donors (Lipinski definition) is 4. The second-order valence-corrected chi connectivity index (χ2v) is 8.79. The molecule has 0 radical (unpaired) electrons. The number of aromatic nitrogens is 4. The number of nitrogens with zero attached hydrogens (tertiary/aromatic N) is 4. The Kier molecular flexibility index (Phi) is 6.04. The molecule has 1 unspecified atom stereocenters. The van der Waals surface area contributed by atoms with E-state index in [2.05, 4.69) is 9.97 Å². The highest BCUT2D eigenvalue weighted by atomic mass is 31.2. The second kappa shape index (κ2) is 8.60. The van der Waals surface area contributed by atoms with Crippen molar-refractivity contribution in [3.63, 3.8) is 0 Å². The Labute approximate surface area is 175 Å². The quantitative estimate of drug-likeness (QED) is 0.340. The molecule has 13 heteroatoms. The first-order valence-electron chi connectivity index (χ1n) is 9.34. The zero-order valence-electron chi connectivity index (χ0n) is 16.1. The van der Waals surface area contributed by atoms with Crippen LogP contribution in [0.1, 0.15) is 11.8 Å². The number of fused-ring (bicyclic) bond motifs is 1. The third kappa shape index (κ3) is 4.60. The number of rotatable bonds is 7. The van der Waals surface area contributed by atoms with Gasteiger partial charge in [-0.1, -0.05) is 30.3 Å². The highest BCUT2D eigenvalue weighted by Gasteiger charge is 2.44. The van der Waals surface area contributed by atoms with Gasteiger partial charge in [-0.25, -0.2) is 9.97 Å². The van der Waals surface area contributed by atoms with Crippen LogP contribution >= 0.6 is 7.60 Å². The topological polar surface area (TPSA) is 169 Å². The number of imidazole rings is 1. The van der Waals surface area contributed by atoms with Crippen molar-refractivity contribution in [3.8, 4) is 0 Å². The monoisotopic (exact) mass is 452 g/mol. The van der Waals surface area contributed by atoms with Crippen LogP contribution in [0.4, 0.5) is 0 Å². The zero-order chi connectivity index (χ0) is 22.2. The van der Waals surface area contributed by atoms with Gasteiger partial charge in [-0.3, -0.25) is 18.5 Å². The van der Waals surface area contributed by atoms with E-state index in [0.717, 1.165) is 5.56 Å². The number of ether oxygens (including phenoxy) is 2. The first-order valence-corrected chi connectivity index (χ1v) is 11.1. The molecule has 1 saturated heterocycles. The third-order valence-electron chi connectivity index (χ3n) is 4.90. The fourth-order valence-corrected chi connectivity index (χ4v) is 3.75. The second-order valence-electron chi connectivity index (χ2n) is 7.20. The van der Waals surface area contributed by atoms with E-state index in [1.54, 1.807) is 0 Å². The fraction of sp³-hybridized carbons (Fsp3) is 0.389. The minimum Gasteiger partial charge on any atom is -0.387 e. The van der Waals surface area contributed by atoms with E-state index in [1.807, 2.05) is 30.3 Å². The lowest BCUT2D eigenvalue weighted by Gasteiger charge is -2.16. The Morgan fingerprint density at radius 3 is 2.55 bits per heavy atom. The lowest BCUT2D eigenvalue weighted by atomic mass is 10.1. The van der Waals surface area contributed by atoms with E-state index in [0.29, 0.717) is 6.54 Å². The Morgan fingerprint density at radius 1 is 1.10 bits per heavy atom. The van der Waals surface area contributed by atoms with E-state index in [4.69, 9.17) is 19.3 Å². The highest BCUT2D eigenvalue weighted by molar-refractivity contribution is 7.51. The Balaban J connectivity index is 1.55. The third-order valence-corrected chi connectivity index (χ3v) is 5.42. The van der Waals surface area contributed by atoms with E-state index in [9.17, 15) is 19.6 Å². The summed E-state index contributed by atoms with van der Waals surface area (Å²) in [4.78, 5) is 38.9. The maximum Gasteiger partial charge on any atom is 0.350 e. The van der Waals surface area contributed by atoms with Gasteiger partial charge in [0.25, 0.3) is 5.56 Å². The largest absolute Gasteiger partial charge is 0.387 e. The SMILES string of the molecule is O=c1c2ncn([C@@H]3OC(COCP(=O)(O)O)[C@@H](O)[C@H]3O)c2ncn1Cc1ccccc1. The lowest BCUT2D eigenvalue weighted by molar-refractivity contribution is -0.0612. The maximum atomic E-state index is 12.8. The van der Waals surface area contributed by atoms with Gasteiger partial charge in [-0.15, -0.1) is 0 Å². The van der Waals surface area contributed by atoms with Gasteiger partial charge in [0.1, 0.15) is 31.0 Å². The summed E-state index contributed by atoms with van der Waals surface area (Å²) < 4.78 is 24.1. The zero-order valence-corrected chi connectivity index (χ0v) is 17.0. The number of aliphatic hydroxyl groups is 2. The predicted molar refractivity (Wildman–Crippen MR) is 106 cm³/mol. The summed E-state index contributed by atoms with van der Waals surface area (Å²) in [6.07, 6.45) is -3.11. The maximum absolute atomic E-state index is 12.8. The van der Waals surface area contributed by atoms with E-state index in [-0.39, 0.29) is 23.3 Å². The van der Waals surface area contributed by atoms with Crippen molar-refractivity contribution in [2.75, 3.05) is 13.0 Å². The van der Waals surface area contributed by atoms with Gasteiger partial charge in [0.05, 0.1) is 19.5 Å². The molecule has 4 rings (SSSR count). The summed E-state index contributed by atoms with van der Waals surface area (Å²) in [6, 6.07) is 9.37. The first-order chi connectivity index (χ1) is 14.7. The van der Waals surface area contributed by atoms with Crippen LogP contribution < -0.4 is 5.56 Å². The minimum atomic E-state index is -4.37. The molecule has 1 fully saturated rings. The molecule has 166 valence electrons. The molecule has 2 aromatic heterocycles. The molecule has 1 aliphatic heterocycles. The lowest BCUT2D eigenvalue weighted by Crippen LogP contribution is -2.34. The van der Waals surface area contributed by atoms with Crippen LogP contribution in [0.3, 0.4) is 0 Å². The van der Waals surface area contributed by atoms with Crippen molar-refractivity contribution in [1.82, 2.24) is 19.1 Å². The van der Waals surface area contributed by atoms with Gasteiger partial charge in [-0.05, 0) is 5.56 Å². The van der Waals surface area contributed by atoms with Crippen LogP contribution in [0.15, 0.2) is 47.8 Å². The number of aliphatic hydroxyl groups excluding tert-OH is 2. The van der Waals surface area contributed by atoms with Crippen molar-refractivity contribution < 1.29 is 34.0 Å². The summed E-state index contributed by atoms with van der Waals surface area (Å²) in [5.74, 6) is 0. The van der Waals surface area contributed by atoms with Gasteiger partial charge in [0, 0.05) is 0 Å². The number of hydrogen-bond acceptors (Lipinski definition) is 8. The van der Waals surface area contributed by atoms with Gasteiger partial charge in [-0.2, -0.15) is 0 Å². The molecule has 31 heavy (non-hydrogen) atoms. The minimum absolute atomic E-state index is 0.0740. The van der Waals surface area contributed by atoms with Gasteiger partial charge < -0.3 is 29.5 Å². The predicted octanol–water partition coefficient (Wildman–Crippen LogP) is -0.588. The average molecular weight is 452 g/mol. The van der Waals surface area contributed by atoms with Crippen molar-refractivity contribution in [1.29, 1.82) is 0 Å². The molecule has 0 aliphatic carbocycles. The van der Waals surface area contributed by atoms with Crippen LogP contribution in [-0.2, 0) is 20.6 Å². The smallest absolute Gasteiger partial charge is 0.350 e. The van der Waals surface area contributed by atoms with E-state index in [1.165, 1.54) is 21.8 Å². The molecule has 3 aromatic rings. The number of benzene rings is 1. The molecule has 4 atom stereocenters. The van der Waals surface area contributed by atoms with Crippen LogP contribution in [-0.4, -0.2) is 70.4 Å². The van der Waals surface area contributed by atoms with Gasteiger partial charge >= 0.3 is 7.60 Å². The molecule has 12 nitrogen and oxygen atoms in total. The average Bonchev–Trinajstić information content (AvgIpc) is 3.27. The molecule has 4 N–H and O–H groups in total. The van der Waals surface area contributed by atoms with Crippen molar-refractivity contribution in [3.05, 3.63) is 58.9 Å². The summed E-state index contributed by atoms with van der Waals surface area (Å²) in [6.45, 7) is -0.0283. The van der Waals surface area contributed by atoms with E-state index < -0.39 is 38.5 Å². The van der Waals surface area contributed by atoms with Crippen LogP contribution in [0.5, 0.6) is 0 Å². The van der Waals surface area contributed by atoms with Crippen LogP contribution in [0.25, 0.3) is 11.2 Å². The Morgan fingerprint density at radius 2 is 1.84 bits per heavy atom. The molecule has 0 saturated carbocycles.